The zero-order valence-corrected chi connectivity index (χ0v) is 9.64. The molecule has 0 aliphatic carbocycles. The van der Waals surface area contributed by atoms with E-state index >= 15 is 0 Å². The highest BCUT2D eigenvalue weighted by atomic mass is 16.5. The fourth-order valence-electron chi connectivity index (χ4n) is 1.51. The van der Waals surface area contributed by atoms with Gasteiger partial charge in [0.25, 0.3) is 0 Å². The number of methoxy groups -OCH3 is 1. The van der Waals surface area contributed by atoms with Crippen LogP contribution >= 0.6 is 0 Å². The summed E-state index contributed by atoms with van der Waals surface area (Å²) in [7, 11) is 1.78. The van der Waals surface area contributed by atoms with Gasteiger partial charge in [-0.1, -0.05) is 52.4 Å². The second-order valence-corrected chi connectivity index (χ2v) is 4.30. The van der Waals surface area contributed by atoms with Crippen molar-refractivity contribution in [2.24, 2.45) is 5.92 Å². The molecule has 0 saturated carbocycles. The van der Waals surface area contributed by atoms with Crippen molar-refractivity contribution in [2.75, 3.05) is 13.7 Å². The lowest BCUT2D eigenvalue weighted by molar-refractivity contribution is 0.192. The molecule has 0 rings (SSSR count). The lowest BCUT2D eigenvalue weighted by atomic mass is 10.0. The third-order valence-electron chi connectivity index (χ3n) is 2.38. The van der Waals surface area contributed by atoms with Crippen LogP contribution in [-0.4, -0.2) is 13.7 Å². The smallest absolute Gasteiger partial charge is 0.0462 e. The molecule has 0 N–H and O–H groups in total. The topological polar surface area (TPSA) is 9.23 Å². The van der Waals surface area contributed by atoms with Crippen LogP contribution in [0.2, 0.25) is 0 Å². The van der Waals surface area contributed by atoms with E-state index in [4.69, 9.17) is 4.74 Å². The largest absolute Gasteiger partial charge is 0.385 e. The van der Waals surface area contributed by atoms with E-state index in [0.717, 1.165) is 12.5 Å². The number of rotatable bonds is 9. The molecule has 0 aromatic rings. The van der Waals surface area contributed by atoms with Gasteiger partial charge in [-0.2, -0.15) is 0 Å². The Kier molecular flexibility index (Phi) is 10.0. The van der Waals surface area contributed by atoms with Gasteiger partial charge in [0.15, 0.2) is 0 Å². The Morgan fingerprint density at radius 2 is 1.38 bits per heavy atom. The third-order valence-corrected chi connectivity index (χ3v) is 2.38. The van der Waals surface area contributed by atoms with Gasteiger partial charge >= 0.3 is 0 Å². The van der Waals surface area contributed by atoms with Crippen LogP contribution in [0, 0.1) is 5.92 Å². The van der Waals surface area contributed by atoms with E-state index in [9.17, 15) is 0 Å². The number of hydrogen-bond acceptors (Lipinski definition) is 1. The van der Waals surface area contributed by atoms with Crippen molar-refractivity contribution in [2.45, 2.75) is 58.8 Å². The van der Waals surface area contributed by atoms with Gasteiger partial charge in [0.1, 0.15) is 0 Å². The maximum Gasteiger partial charge on any atom is 0.0462 e. The maximum absolute atomic E-state index is 5.00. The average molecular weight is 186 g/mol. The van der Waals surface area contributed by atoms with Crippen LogP contribution in [0.1, 0.15) is 58.8 Å². The van der Waals surface area contributed by atoms with Crippen LogP contribution in [-0.2, 0) is 4.74 Å². The fraction of sp³-hybridized carbons (Fsp3) is 1.00. The maximum atomic E-state index is 5.00. The number of ether oxygens (including phenoxy) is 1. The van der Waals surface area contributed by atoms with Crippen LogP contribution in [0.3, 0.4) is 0 Å². The second kappa shape index (κ2) is 10.0. The molecule has 0 aromatic heterocycles. The predicted octanol–water partition coefficient (Wildman–Crippen LogP) is 4.02. The van der Waals surface area contributed by atoms with Gasteiger partial charge in [0.05, 0.1) is 0 Å². The van der Waals surface area contributed by atoms with E-state index in [1.165, 1.54) is 44.9 Å². The molecule has 0 aromatic carbocycles. The summed E-state index contributed by atoms with van der Waals surface area (Å²) >= 11 is 0. The highest BCUT2D eigenvalue weighted by Crippen LogP contribution is 2.11. The molecule has 1 heteroatoms. The van der Waals surface area contributed by atoms with Crippen molar-refractivity contribution < 1.29 is 4.74 Å². The van der Waals surface area contributed by atoms with Crippen molar-refractivity contribution in [1.29, 1.82) is 0 Å². The van der Waals surface area contributed by atoms with E-state index < -0.39 is 0 Å². The molecule has 0 radical (unpaired) electrons. The molecule has 0 aliphatic heterocycles. The van der Waals surface area contributed by atoms with Gasteiger partial charge in [-0.3, -0.25) is 0 Å². The van der Waals surface area contributed by atoms with Gasteiger partial charge in [0.2, 0.25) is 0 Å². The van der Waals surface area contributed by atoms with E-state index in [2.05, 4.69) is 13.8 Å². The van der Waals surface area contributed by atoms with E-state index in [1.54, 1.807) is 7.11 Å². The molecule has 0 aliphatic rings. The monoisotopic (exact) mass is 186 g/mol. The molecule has 0 atom stereocenters. The van der Waals surface area contributed by atoms with E-state index in [1.807, 2.05) is 0 Å². The minimum atomic E-state index is 0.883. The van der Waals surface area contributed by atoms with Gasteiger partial charge in [-0.05, 0) is 12.3 Å². The zero-order valence-electron chi connectivity index (χ0n) is 9.64. The molecule has 0 saturated heterocycles. The van der Waals surface area contributed by atoms with Crippen molar-refractivity contribution in [1.82, 2.24) is 0 Å². The summed E-state index contributed by atoms with van der Waals surface area (Å²) in [6, 6.07) is 0. The molecule has 0 spiro atoms. The first-order chi connectivity index (χ1) is 6.27. The SMILES string of the molecule is COCCCCCCCCC(C)C. The van der Waals surface area contributed by atoms with Crippen LogP contribution in [0.4, 0.5) is 0 Å². The van der Waals surface area contributed by atoms with Gasteiger partial charge in [-0.15, -0.1) is 0 Å². The molecule has 0 amide bonds. The van der Waals surface area contributed by atoms with Crippen molar-refractivity contribution in [3.8, 4) is 0 Å². The highest BCUT2D eigenvalue weighted by molar-refractivity contribution is 4.48. The minimum Gasteiger partial charge on any atom is -0.385 e. The second-order valence-electron chi connectivity index (χ2n) is 4.30. The summed E-state index contributed by atoms with van der Waals surface area (Å²) in [6.45, 7) is 5.54. The predicted molar refractivity (Wildman–Crippen MR) is 59.0 cm³/mol. The molecular weight excluding hydrogens is 160 g/mol. The summed E-state index contributed by atoms with van der Waals surface area (Å²) in [5, 5.41) is 0. The van der Waals surface area contributed by atoms with Crippen molar-refractivity contribution >= 4 is 0 Å². The van der Waals surface area contributed by atoms with Crippen LogP contribution in [0.25, 0.3) is 0 Å². The van der Waals surface area contributed by atoms with E-state index in [-0.39, 0.29) is 0 Å². The Hall–Kier alpha value is -0.0400. The molecule has 0 fully saturated rings. The normalized spacial score (nSPS) is 11.1. The van der Waals surface area contributed by atoms with Crippen LogP contribution in [0.15, 0.2) is 0 Å². The Morgan fingerprint density at radius 3 is 1.92 bits per heavy atom. The Bertz CT molecular complexity index is 89.1. The summed E-state index contributed by atoms with van der Waals surface area (Å²) in [5.74, 6) is 0.883. The van der Waals surface area contributed by atoms with Gasteiger partial charge < -0.3 is 4.74 Å². The zero-order chi connectivity index (χ0) is 9.94. The molecule has 1 nitrogen and oxygen atoms in total. The Morgan fingerprint density at radius 1 is 0.846 bits per heavy atom. The lowest BCUT2D eigenvalue weighted by Crippen LogP contribution is -1.89. The Balaban J connectivity index is 2.84. The molecule has 0 heterocycles. The molecule has 0 bridgehead atoms. The van der Waals surface area contributed by atoms with E-state index in [0.29, 0.717) is 0 Å². The third kappa shape index (κ3) is 12.0. The molecule has 80 valence electrons. The summed E-state index contributed by atoms with van der Waals surface area (Å²) < 4.78 is 5.00. The first-order valence-corrected chi connectivity index (χ1v) is 5.76. The molecule has 0 unspecified atom stereocenters. The molecular formula is C12H26O. The van der Waals surface area contributed by atoms with Crippen molar-refractivity contribution in [3.63, 3.8) is 0 Å². The van der Waals surface area contributed by atoms with Crippen molar-refractivity contribution in [3.05, 3.63) is 0 Å². The first-order valence-electron chi connectivity index (χ1n) is 5.76. The number of hydrogen-bond donors (Lipinski definition) is 0. The summed E-state index contributed by atoms with van der Waals surface area (Å²) in [5.41, 5.74) is 0. The van der Waals surface area contributed by atoms with Gasteiger partial charge in [0, 0.05) is 13.7 Å². The summed E-state index contributed by atoms with van der Waals surface area (Å²) in [4.78, 5) is 0. The van der Waals surface area contributed by atoms with Crippen LogP contribution < -0.4 is 0 Å². The minimum absolute atomic E-state index is 0.883. The fourth-order valence-corrected chi connectivity index (χ4v) is 1.51. The quantitative estimate of drug-likeness (QED) is 0.494. The number of unbranched alkanes of at least 4 members (excludes halogenated alkanes) is 5. The Labute approximate surface area is 83.9 Å². The highest BCUT2D eigenvalue weighted by Gasteiger charge is 1.94. The standard InChI is InChI=1S/C12H26O/c1-12(2)10-8-6-4-5-7-9-11-13-3/h12H,4-11H2,1-3H3. The lowest BCUT2D eigenvalue weighted by Gasteiger charge is -2.04. The average Bonchev–Trinajstić information content (AvgIpc) is 2.09. The first kappa shape index (κ1) is 13.0. The summed E-state index contributed by atoms with van der Waals surface area (Å²) in [6.07, 6.45) is 9.62. The van der Waals surface area contributed by atoms with Crippen LogP contribution in [0.5, 0.6) is 0 Å². The van der Waals surface area contributed by atoms with Gasteiger partial charge in [-0.25, -0.2) is 0 Å². The molecule has 13 heavy (non-hydrogen) atoms.